The van der Waals surface area contributed by atoms with Crippen LogP contribution in [-0.2, 0) is 24.1 Å². The highest BCUT2D eigenvalue weighted by Gasteiger charge is 2.23. The first-order valence-electron chi connectivity index (χ1n) is 11.1. The van der Waals surface area contributed by atoms with E-state index >= 15 is 0 Å². The minimum absolute atomic E-state index is 0.376. The number of aromatic nitrogens is 2. The lowest BCUT2D eigenvalue weighted by Crippen LogP contribution is -2.36. The number of ether oxygens (including phenoxy) is 2. The van der Waals surface area contributed by atoms with Crippen LogP contribution in [0.2, 0.25) is 0 Å². The Bertz CT molecular complexity index is 1360. The van der Waals surface area contributed by atoms with Gasteiger partial charge in [0, 0.05) is 35.5 Å². The maximum Gasteiger partial charge on any atom is 0.336 e. The lowest BCUT2D eigenvalue weighted by Gasteiger charge is -2.25. The molecule has 0 unspecified atom stereocenters. The van der Waals surface area contributed by atoms with Crippen LogP contribution in [0.1, 0.15) is 29.1 Å². The van der Waals surface area contributed by atoms with Gasteiger partial charge >= 0.3 is 5.63 Å². The second-order valence-corrected chi connectivity index (χ2v) is 9.36. The predicted molar refractivity (Wildman–Crippen MR) is 123 cm³/mol. The molecule has 1 aliphatic heterocycles. The molecule has 0 bridgehead atoms. The third kappa shape index (κ3) is 3.79. The molecule has 3 aromatic heterocycles. The van der Waals surface area contributed by atoms with Crippen molar-refractivity contribution in [3.8, 4) is 11.6 Å². The van der Waals surface area contributed by atoms with Crippen LogP contribution in [0.15, 0.2) is 39.5 Å². The van der Waals surface area contributed by atoms with E-state index in [1.165, 1.54) is 29.3 Å². The van der Waals surface area contributed by atoms with Gasteiger partial charge in [0.1, 0.15) is 22.0 Å². The Hall–Kier alpha value is -2.81. The van der Waals surface area contributed by atoms with E-state index in [-0.39, 0.29) is 5.63 Å². The maximum atomic E-state index is 11.6. The maximum absolute atomic E-state index is 11.6. The molecule has 0 amide bonds. The molecule has 0 radical (unpaired) electrons. The molecule has 2 aliphatic rings. The summed E-state index contributed by atoms with van der Waals surface area (Å²) in [6.45, 7) is 3.90. The quantitative estimate of drug-likeness (QED) is 0.430. The zero-order valence-electron chi connectivity index (χ0n) is 17.6. The monoisotopic (exact) mass is 449 g/mol. The molecule has 0 atom stereocenters. The molecule has 0 saturated carbocycles. The van der Waals surface area contributed by atoms with Crippen LogP contribution in [0.25, 0.3) is 21.2 Å². The van der Waals surface area contributed by atoms with Crippen LogP contribution in [0.3, 0.4) is 0 Å². The molecule has 1 saturated heterocycles. The van der Waals surface area contributed by atoms with Gasteiger partial charge < -0.3 is 13.9 Å². The largest absolute Gasteiger partial charge is 0.438 e. The molecule has 7 nitrogen and oxygen atoms in total. The highest BCUT2D eigenvalue weighted by Crippen LogP contribution is 2.41. The van der Waals surface area contributed by atoms with Crippen molar-refractivity contribution in [1.82, 2.24) is 14.9 Å². The fourth-order valence-corrected chi connectivity index (χ4v) is 5.76. The molecular weight excluding hydrogens is 426 g/mol. The van der Waals surface area contributed by atoms with Gasteiger partial charge in [0.25, 0.3) is 0 Å². The highest BCUT2D eigenvalue weighted by molar-refractivity contribution is 7.18. The van der Waals surface area contributed by atoms with Gasteiger partial charge in [0.2, 0.25) is 5.88 Å². The fraction of sp³-hybridized carbons (Fsp3) is 0.375. The number of thiophene rings is 1. The average molecular weight is 450 g/mol. The van der Waals surface area contributed by atoms with Crippen LogP contribution in [0.5, 0.6) is 11.6 Å². The fourth-order valence-electron chi connectivity index (χ4n) is 4.49. The summed E-state index contributed by atoms with van der Waals surface area (Å²) in [6, 6.07) is 8.71. The van der Waals surface area contributed by atoms with Gasteiger partial charge in [-0.2, -0.15) is 4.98 Å². The van der Waals surface area contributed by atoms with Crippen molar-refractivity contribution in [1.29, 1.82) is 0 Å². The highest BCUT2D eigenvalue weighted by atomic mass is 32.1. The second-order valence-electron chi connectivity index (χ2n) is 8.28. The molecule has 6 rings (SSSR count). The number of fused-ring (bicyclic) bond motifs is 4. The van der Waals surface area contributed by atoms with Gasteiger partial charge in [-0.25, -0.2) is 9.78 Å². The van der Waals surface area contributed by atoms with Crippen LogP contribution in [0.4, 0.5) is 0 Å². The number of aryl methyl sites for hydroxylation is 2. The van der Waals surface area contributed by atoms with E-state index in [1.807, 2.05) is 12.1 Å². The van der Waals surface area contributed by atoms with Crippen molar-refractivity contribution in [2.75, 3.05) is 26.3 Å². The van der Waals surface area contributed by atoms with Crippen molar-refractivity contribution in [2.24, 2.45) is 0 Å². The Morgan fingerprint density at radius 1 is 1.06 bits per heavy atom. The molecule has 8 heteroatoms. The number of morpholine rings is 1. The summed E-state index contributed by atoms with van der Waals surface area (Å²) in [5.41, 5.74) is 1.46. The van der Waals surface area contributed by atoms with Crippen molar-refractivity contribution in [3.05, 3.63) is 57.0 Å². The first-order valence-corrected chi connectivity index (χ1v) is 11.9. The minimum Gasteiger partial charge on any atom is -0.438 e. The smallest absolute Gasteiger partial charge is 0.336 e. The van der Waals surface area contributed by atoms with E-state index < -0.39 is 0 Å². The number of hydrogen-bond donors (Lipinski definition) is 0. The van der Waals surface area contributed by atoms with Crippen LogP contribution < -0.4 is 10.4 Å². The van der Waals surface area contributed by atoms with Gasteiger partial charge in [-0.15, -0.1) is 11.3 Å². The molecule has 164 valence electrons. The third-order valence-corrected chi connectivity index (χ3v) is 7.29. The van der Waals surface area contributed by atoms with E-state index in [4.69, 9.17) is 23.9 Å². The van der Waals surface area contributed by atoms with Crippen LogP contribution >= 0.6 is 11.3 Å². The molecule has 4 aromatic rings. The molecule has 1 aromatic carbocycles. The van der Waals surface area contributed by atoms with E-state index in [1.54, 1.807) is 23.5 Å². The summed E-state index contributed by atoms with van der Waals surface area (Å²) >= 11 is 1.77. The van der Waals surface area contributed by atoms with E-state index in [2.05, 4.69) is 4.90 Å². The Labute approximate surface area is 188 Å². The van der Waals surface area contributed by atoms with Gasteiger partial charge in [0.05, 0.1) is 25.1 Å². The van der Waals surface area contributed by atoms with E-state index in [0.29, 0.717) is 23.8 Å². The van der Waals surface area contributed by atoms with Crippen molar-refractivity contribution < 1.29 is 13.9 Å². The second kappa shape index (κ2) is 8.27. The van der Waals surface area contributed by atoms with Gasteiger partial charge in [-0.3, -0.25) is 4.90 Å². The Morgan fingerprint density at radius 2 is 1.91 bits per heavy atom. The summed E-state index contributed by atoms with van der Waals surface area (Å²) in [6.07, 6.45) is 4.52. The van der Waals surface area contributed by atoms with Gasteiger partial charge in [-0.05, 0) is 49.4 Å². The lowest BCUT2D eigenvalue weighted by molar-refractivity contribution is 0.0330. The normalized spacial score (nSPS) is 17.0. The summed E-state index contributed by atoms with van der Waals surface area (Å²) in [5, 5.41) is 1.88. The molecule has 0 spiro atoms. The standard InChI is InChI=1S/C24H23N3O4S/c28-21-8-6-15-5-7-16(13-18(15)31-21)30-23-22-17-3-1-2-4-19(17)32-24(22)26-20(25-23)14-27-9-11-29-12-10-27/h5-8,13H,1-4,9-12,14H2. The summed E-state index contributed by atoms with van der Waals surface area (Å²) < 4.78 is 17.2. The number of benzene rings is 1. The van der Waals surface area contributed by atoms with Crippen LogP contribution in [-0.4, -0.2) is 41.2 Å². The average Bonchev–Trinajstić information content (AvgIpc) is 3.18. The molecule has 4 heterocycles. The Kier molecular flexibility index (Phi) is 5.13. The first-order chi connectivity index (χ1) is 15.7. The third-order valence-electron chi connectivity index (χ3n) is 6.11. The summed E-state index contributed by atoms with van der Waals surface area (Å²) in [5.74, 6) is 1.95. The SMILES string of the molecule is O=c1ccc2ccc(Oc3nc(CN4CCOCC4)nc4sc5c(c34)CCCC5)cc2o1. The summed E-state index contributed by atoms with van der Waals surface area (Å²) in [4.78, 5) is 26.1. The molecule has 1 fully saturated rings. The Morgan fingerprint density at radius 3 is 2.81 bits per heavy atom. The molecule has 1 aliphatic carbocycles. The topological polar surface area (TPSA) is 77.7 Å². The molecule has 0 N–H and O–H groups in total. The van der Waals surface area contributed by atoms with Crippen molar-refractivity contribution in [3.63, 3.8) is 0 Å². The lowest BCUT2D eigenvalue weighted by atomic mass is 9.97. The first kappa shape index (κ1) is 19.8. The van der Waals surface area contributed by atoms with E-state index in [0.717, 1.165) is 60.6 Å². The van der Waals surface area contributed by atoms with Crippen LogP contribution in [0, 0.1) is 0 Å². The predicted octanol–water partition coefficient (Wildman–Crippen LogP) is 4.30. The molecular formula is C24H23N3O4S. The van der Waals surface area contributed by atoms with E-state index in [9.17, 15) is 4.79 Å². The number of nitrogens with zero attached hydrogens (tertiary/aromatic N) is 3. The summed E-state index contributed by atoms with van der Waals surface area (Å²) in [7, 11) is 0. The number of hydrogen-bond acceptors (Lipinski definition) is 8. The number of rotatable bonds is 4. The zero-order valence-corrected chi connectivity index (χ0v) is 18.5. The van der Waals surface area contributed by atoms with Crippen molar-refractivity contribution >= 4 is 32.5 Å². The Balaban J connectivity index is 1.43. The minimum atomic E-state index is -0.376. The zero-order chi connectivity index (χ0) is 21.5. The molecule has 32 heavy (non-hydrogen) atoms. The van der Waals surface area contributed by atoms with Gasteiger partial charge in [-0.1, -0.05) is 0 Å². The van der Waals surface area contributed by atoms with Gasteiger partial charge in [0.15, 0.2) is 0 Å². The van der Waals surface area contributed by atoms with Crippen molar-refractivity contribution in [2.45, 2.75) is 32.2 Å².